The Morgan fingerprint density at radius 2 is 2.38 bits per heavy atom. The van der Waals surface area contributed by atoms with Crippen LogP contribution in [-0.4, -0.2) is 45.1 Å². The first-order valence-electron chi connectivity index (χ1n) is 3.60. The molecule has 0 aromatic carbocycles. The van der Waals surface area contributed by atoms with E-state index in [0.29, 0.717) is 20.3 Å². The van der Waals surface area contributed by atoms with Crippen LogP contribution in [-0.2, 0) is 0 Å². The van der Waals surface area contributed by atoms with Gasteiger partial charge in [-0.2, -0.15) is 0 Å². The van der Waals surface area contributed by atoms with Gasteiger partial charge in [0.1, 0.15) is 0 Å². The number of aromatic nitrogens is 6. The number of nitrogens with zero attached hydrogens (tertiary/aromatic N) is 4. The van der Waals surface area contributed by atoms with Gasteiger partial charge in [-0.05, 0) is 0 Å². The zero-order chi connectivity index (χ0) is 8.67. The van der Waals surface area contributed by atoms with E-state index in [4.69, 9.17) is 0 Å². The van der Waals surface area contributed by atoms with Crippen molar-refractivity contribution < 1.29 is 0 Å². The fourth-order valence-corrected chi connectivity index (χ4v) is 2.56. The van der Waals surface area contributed by atoms with Crippen LogP contribution in [0.15, 0.2) is 11.1 Å². The first kappa shape index (κ1) is 6.99. The predicted molar refractivity (Wildman–Crippen MR) is 46.2 cm³/mol. The third-order valence-corrected chi connectivity index (χ3v) is 3.31. The Bertz CT molecular complexity index is 492. The summed E-state index contributed by atoms with van der Waals surface area (Å²) in [5.74, 6) is 0.653. The van der Waals surface area contributed by atoms with Crippen molar-refractivity contribution in [2.24, 2.45) is 0 Å². The summed E-state index contributed by atoms with van der Waals surface area (Å²) in [6.07, 6.45) is 0. The summed E-state index contributed by atoms with van der Waals surface area (Å²) in [5.41, 5.74) is 1.90. The molecule has 7 heteroatoms. The van der Waals surface area contributed by atoms with E-state index >= 15 is 0 Å². The number of hydrogen-bond acceptors (Lipinski definition) is 4. The SMILES string of the molecule is c1nc2cc(-c3nnn[nH]3)[nH]c2[se]1. The summed E-state index contributed by atoms with van der Waals surface area (Å²) in [5, 5.41) is 15.5. The van der Waals surface area contributed by atoms with Crippen molar-refractivity contribution in [3.63, 3.8) is 0 Å². The van der Waals surface area contributed by atoms with Crippen LogP contribution < -0.4 is 0 Å². The monoisotopic (exact) mass is 240 g/mol. The molecule has 0 aliphatic heterocycles. The van der Waals surface area contributed by atoms with Crippen LogP contribution in [0, 0.1) is 0 Å². The molecule has 64 valence electrons. The van der Waals surface area contributed by atoms with E-state index in [0.717, 1.165) is 11.2 Å². The predicted octanol–water partition coefficient (Wildman–Crippen LogP) is -0.200. The normalized spacial score (nSPS) is 11.1. The standard InChI is InChI=1S/C6H4N6Se/c1-3(5-9-11-12-10-5)8-6-4(1)7-2-13-6/h1-2,8H,(H,9,10,11,12). The minimum absolute atomic E-state index is 0.334. The van der Waals surface area contributed by atoms with Crippen molar-refractivity contribution in [1.82, 2.24) is 30.6 Å². The second-order valence-electron chi connectivity index (χ2n) is 2.50. The van der Waals surface area contributed by atoms with Crippen molar-refractivity contribution in [2.75, 3.05) is 0 Å². The Hall–Kier alpha value is -1.46. The Kier molecular flexibility index (Phi) is 1.35. The summed E-state index contributed by atoms with van der Waals surface area (Å²) >= 11 is 0.334. The summed E-state index contributed by atoms with van der Waals surface area (Å²) in [7, 11) is 0. The quantitative estimate of drug-likeness (QED) is 0.576. The number of hydrogen-bond donors (Lipinski definition) is 2. The van der Waals surface area contributed by atoms with E-state index in [1.807, 2.05) is 11.1 Å². The fraction of sp³-hybridized carbons (Fsp3) is 0. The van der Waals surface area contributed by atoms with Gasteiger partial charge in [0.25, 0.3) is 0 Å². The number of H-pyrrole nitrogens is 2. The van der Waals surface area contributed by atoms with Crippen molar-refractivity contribution in [3.8, 4) is 11.5 Å². The Morgan fingerprint density at radius 1 is 1.38 bits per heavy atom. The maximum absolute atomic E-state index is 4.22. The molecule has 3 heterocycles. The molecule has 0 aliphatic rings. The van der Waals surface area contributed by atoms with E-state index in [2.05, 4.69) is 30.6 Å². The molecular weight excluding hydrogens is 235 g/mol. The molecule has 0 atom stereocenters. The summed E-state index contributed by atoms with van der Waals surface area (Å²) in [6.45, 7) is 0. The van der Waals surface area contributed by atoms with Crippen LogP contribution in [0.5, 0.6) is 0 Å². The molecule has 3 aromatic rings. The van der Waals surface area contributed by atoms with Gasteiger partial charge >= 0.3 is 77.7 Å². The van der Waals surface area contributed by atoms with Gasteiger partial charge in [0.15, 0.2) is 0 Å². The minimum atomic E-state index is 0.334. The van der Waals surface area contributed by atoms with E-state index < -0.39 is 0 Å². The first-order chi connectivity index (χ1) is 6.43. The van der Waals surface area contributed by atoms with Gasteiger partial charge in [0.05, 0.1) is 0 Å². The van der Waals surface area contributed by atoms with Gasteiger partial charge in [-0.1, -0.05) is 0 Å². The topological polar surface area (TPSA) is 83.1 Å². The van der Waals surface area contributed by atoms with Crippen LogP contribution in [0.4, 0.5) is 0 Å². The third kappa shape index (κ3) is 1.01. The number of rotatable bonds is 1. The van der Waals surface area contributed by atoms with Gasteiger partial charge in [0, 0.05) is 0 Å². The van der Waals surface area contributed by atoms with Crippen molar-refractivity contribution in [2.45, 2.75) is 0 Å². The van der Waals surface area contributed by atoms with E-state index in [9.17, 15) is 0 Å². The van der Waals surface area contributed by atoms with Crippen LogP contribution >= 0.6 is 0 Å². The summed E-state index contributed by atoms with van der Waals surface area (Å²) in [6, 6.07) is 1.95. The van der Waals surface area contributed by atoms with Crippen LogP contribution in [0.25, 0.3) is 21.4 Å². The molecule has 0 unspecified atom stereocenters. The first-order valence-corrected chi connectivity index (χ1v) is 5.44. The van der Waals surface area contributed by atoms with E-state index in [1.54, 1.807) is 0 Å². The van der Waals surface area contributed by atoms with Crippen molar-refractivity contribution >= 4 is 24.4 Å². The summed E-state index contributed by atoms with van der Waals surface area (Å²) in [4.78, 5) is 7.44. The molecule has 0 spiro atoms. The zero-order valence-corrected chi connectivity index (χ0v) is 8.06. The number of tetrazole rings is 1. The molecule has 0 radical (unpaired) electrons. The molecule has 0 bridgehead atoms. The molecule has 0 saturated carbocycles. The number of nitrogens with one attached hydrogen (secondary N) is 2. The maximum atomic E-state index is 4.22. The van der Waals surface area contributed by atoms with Crippen LogP contribution in [0.3, 0.4) is 0 Å². The molecule has 3 rings (SSSR count). The van der Waals surface area contributed by atoms with E-state index in [-0.39, 0.29) is 0 Å². The fourth-order valence-electron chi connectivity index (χ4n) is 1.15. The Balaban J connectivity index is 2.23. The molecule has 0 fully saturated rings. The third-order valence-electron chi connectivity index (χ3n) is 1.72. The van der Waals surface area contributed by atoms with E-state index in [1.165, 1.54) is 4.39 Å². The van der Waals surface area contributed by atoms with Gasteiger partial charge in [-0.15, -0.1) is 0 Å². The molecule has 6 nitrogen and oxygen atoms in total. The van der Waals surface area contributed by atoms with Crippen LogP contribution in [0.1, 0.15) is 0 Å². The molecule has 3 aromatic heterocycles. The molecule has 0 amide bonds. The van der Waals surface area contributed by atoms with Gasteiger partial charge in [-0.25, -0.2) is 0 Å². The van der Waals surface area contributed by atoms with Crippen molar-refractivity contribution in [1.29, 1.82) is 0 Å². The Labute approximate surface area is 78.1 Å². The molecule has 0 aliphatic carbocycles. The zero-order valence-electron chi connectivity index (χ0n) is 6.35. The second-order valence-corrected chi connectivity index (χ2v) is 4.29. The Morgan fingerprint density at radius 3 is 3.15 bits per heavy atom. The second kappa shape index (κ2) is 2.51. The number of aromatic amines is 2. The number of fused-ring (bicyclic) bond motifs is 1. The molecule has 2 N–H and O–H groups in total. The average Bonchev–Trinajstić information content (AvgIpc) is 2.78. The van der Waals surface area contributed by atoms with Crippen LogP contribution in [0.2, 0.25) is 0 Å². The molecule has 0 saturated heterocycles. The summed E-state index contributed by atoms with van der Waals surface area (Å²) < 4.78 is 1.18. The van der Waals surface area contributed by atoms with Crippen molar-refractivity contribution in [3.05, 3.63) is 11.1 Å². The molecular formula is C6H4N6Se. The van der Waals surface area contributed by atoms with Gasteiger partial charge < -0.3 is 0 Å². The van der Waals surface area contributed by atoms with Gasteiger partial charge in [-0.3, -0.25) is 0 Å². The average molecular weight is 239 g/mol. The molecule has 13 heavy (non-hydrogen) atoms. The van der Waals surface area contributed by atoms with Gasteiger partial charge in [0.2, 0.25) is 0 Å².